The van der Waals surface area contributed by atoms with E-state index in [4.69, 9.17) is 4.74 Å². The second kappa shape index (κ2) is 24.1. The molecule has 4 aliphatic heterocycles. The quantitative estimate of drug-likeness (QED) is 0.120. The zero-order valence-corrected chi connectivity index (χ0v) is 56.7. The van der Waals surface area contributed by atoms with Crippen molar-refractivity contribution in [1.29, 1.82) is 0 Å². The van der Waals surface area contributed by atoms with Crippen LogP contribution in [-0.2, 0) is 0 Å². The molecule has 0 radical (unpaired) electrons. The Hall–Kier alpha value is -13.6. The molecule has 0 atom stereocenters. The van der Waals surface area contributed by atoms with Crippen molar-refractivity contribution >= 4 is 136 Å². The lowest BCUT2D eigenvalue weighted by Crippen LogP contribution is -2.64. The molecule has 4 aliphatic rings. The number of ether oxygens (including phenoxy) is 1. The number of anilines is 12. The van der Waals surface area contributed by atoms with Crippen LogP contribution in [0.15, 0.2) is 382 Å². The standard InChI is InChI=1S/C96H63B2N5O/c1-8-32-64(33-9-1)73-48-30-49-74(65-34-10-2-11-35-65)95(73)102-86-57-29-25-53-80(86)98-82-62-81-87(63-91(82)104-92-61-72(60-90(102)94(92)98)101-83-54-26-22-46-77(83)78-47-23-27-55-84(78)101)103(96-75(66-36-12-3-13-37-66)50-31-51-76(96)67-38-14-4-15-39-67)89-59-71(99(68-40-16-5-17-41-68)69-42-18-6-19-43-69)58-88-93(89)97(81)79-52-24-28-56-85(79)100(88)70-44-20-7-21-45-70/h1-63H. The summed E-state index contributed by atoms with van der Waals surface area (Å²) in [5, 5.41) is 2.38. The predicted molar refractivity (Wildman–Crippen MR) is 437 cm³/mol. The van der Waals surface area contributed by atoms with Crippen molar-refractivity contribution < 1.29 is 4.74 Å². The summed E-state index contributed by atoms with van der Waals surface area (Å²) in [6, 6.07) is 141. The zero-order chi connectivity index (χ0) is 68.3. The number of hydrogen-bond donors (Lipinski definition) is 0. The molecule has 0 saturated heterocycles. The first kappa shape index (κ1) is 59.3. The minimum Gasteiger partial charge on any atom is -0.458 e. The summed E-state index contributed by atoms with van der Waals surface area (Å²) < 4.78 is 10.6. The molecular weight excluding hydrogens is 1260 g/mol. The monoisotopic (exact) mass is 1320 g/mol. The van der Waals surface area contributed by atoms with E-state index in [0.29, 0.717) is 0 Å². The van der Waals surface area contributed by atoms with E-state index in [2.05, 4.69) is 406 Å². The van der Waals surface area contributed by atoms with Gasteiger partial charge in [0.2, 0.25) is 0 Å². The fraction of sp³-hybridized carbons (Fsp3) is 0. The van der Waals surface area contributed by atoms with E-state index in [1.165, 1.54) is 32.6 Å². The summed E-state index contributed by atoms with van der Waals surface area (Å²) in [6.45, 7) is -0.538. The van der Waals surface area contributed by atoms with E-state index in [0.717, 1.165) is 152 Å². The van der Waals surface area contributed by atoms with Crippen LogP contribution in [-0.4, -0.2) is 18.0 Å². The average molecular weight is 1320 g/mol. The summed E-state index contributed by atoms with van der Waals surface area (Å²) in [7, 11) is 0. The second-order valence-corrected chi connectivity index (χ2v) is 27.4. The number of hydrogen-bond acceptors (Lipinski definition) is 5. The van der Waals surface area contributed by atoms with Crippen molar-refractivity contribution in [1.82, 2.24) is 4.57 Å². The van der Waals surface area contributed by atoms with Crippen LogP contribution < -0.4 is 57.1 Å². The van der Waals surface area contributed by atoms with Crippen molar-refractivity contribution in [3.05, 3.63) is 382 Å². The van der Waals surface area contributed by atoms with Crippen LogP contribution in [0.3, 0.4) is 0 Å². The topological polar surface area (TPSA) is 27.1 Å². The third kappa shape index (κ3) is 9.25. The molecule has 17 aromatic rings. The van der Waals surface area contributed by atoms with E-state index >= 15 is 0 Å². The van der Waals surface area contributed by atoms with Gasteiger partial charge in [0.1, 0.15) is 11.5 Å². The second-order valence-electron chi connectivity index (χ2n) is 27.4. The fourth-order valence-electron chi connectivity index (χ4n) is 17.5. The highest BCUT2D eigenvalue weighted by Gasteiger charge is 2.49. The van der Waals surface area contributed by atoms with E-state index in [9.17, 15) is 0 Å². The molecule has 0 fully saturated rings. The third-order valence-corrected chi connectivity index (χ3v) is 21.7. The summed E-state index contributed by atoms with van der Waals surface area (Å²) in [5.41, 5.74) is 32.1. The van der Waals surface area contributed by atoms with E-state index < -0.39 is 0 Å². The Bertz CT molecular complexity index is 6030. The molecule has 0 spiro atoms. The minimum atomic E-state index is -0.282. The molecule has 0 aliphatic carbocycles. The maximum atomic E-state index is 8.13. The van der Waals surface area contributed by atoms with E-state index in [1.807, 2.05) is 0 Å². The van der Waals surface area contributed by atoms with Crippen LogP contribution >= 0.6 is 0 Å². The van der Waals surface area contributed by atoms with Crippen LogP contribution in [0, 0.1) is 0 Å². The Morgan fingerprint density at radius 2 is 0.635 bits per heavy atom. The van der Waals surface area contributed by atoms with Gasteiger partial charge in [-0.15, -0.1) is 0 Å². The van der Waals surface area contributed by atoms with Crippen molar-refractivity contribution in [2.24, 2.45) is 0 Å². The molecule has 5 heterocycles. The lowest BCUT2D eigenvalue weighted by atomic mass is 9.30. The summed E-state index contributed by atoms with van der Waals surface area (Å²) in [5.74, 6) is 1.61. The highest BCUT2D eigenvalue weighted by atomic mass is 16.5. The maximum Gasteiger partial charge on any atom is 0.256 e. The van der Waals surface area contributed by atoms with E-state index in [1.54, 1.807) is 0 Å². The smallest absolute Gasteiger partial charge is 0.256 e. The molecule has 21 rings (SSSR count). The van der Waals surface area contributed by atoms with Gasteiger partial charge in [0.15, 0.2) is 0 Å². The first-order valence-corrected chi connectivity index (χ1v) is 35.9. The van der Waals surface area contributed by atoms with Crippen LogP contribution in [0.2, 0.25) is 0 Å². The fourth-order valence-corrected chi connectivity index (χ4v) is 17.5. The summed E-state index contributed by atoms with van der Waals surface area (Å²) in [6.07, 6.45) is 0. The molecule has 0 amide bonds. The van der Waals surface area contributed by atoms with Crippen molar-refractivity contribution in [2.75, 3.05) is 19.6 Å². The summed E-state index contributed by atoms with van der Waals surface area (Å²) >= 11 is 0. The maximum absolute atomic E-state index is 8.13. The number of fused-ring (bicyclic) bond motifs is 11. The lowest BCUT2D eigenvalue weighted by molar-refractivity contribution is 0.487. The van der Waals surface area contributed by atoms with Gasteiger partial charge < -0.3 is 28.9 Å². The van der Waals surface area contributed by atoms with Crippen molar-refractivity contribution in [2.45, 2.75) is 0 Å². The molecule has 0 N–H and O–H groups in total. The Morgan fingerprint density at radius 3 is 1.13 bits per heavy atom. The third-order valence-electron chi connectivity index (χ3n) is 21.7. The van der Waals surface area contributed by atoms with Gasteiger partial charge in [-0.1, -0.05) is 291 Å². The van der Waals surface area contributed by atoms with Gasteiger partial charge in [0, 0.05) is 96.3 Å². The van der Waals surface area contributed by atoms with E-state index in [-0.39, 0.29) is 13.4 Å². The molecule has 6 nitrogen and oxygen atoms in total. The molecule has 0 unspecified atom stereocenters. The number of benzene rings is 16. The van der Waals surface area contributed by atoms with Crippen molar-refractivity contribution in [3.63, 3.8) is 0 Å². The molecule has 0 saturated carbocycles. The van der Waals surface area contributed by atoms with Gasteiger partial charge in [-0.25, -0.2) is 0 Å². The Balaban J connectivity index is 0.895. The summed E-state index contributed by atoms with van der Waals surface area (Å²) in [4.78, 5) is 10.2. The average Bonchev–Trinajstić information content (AvgIpc) is 0.690. The zero-order valence-electron chi connectivity index (χ0n) is 56.7. The molecule has 104 heavy (non-hydrogen) atoms. The number of aromatic nitrogens is 1. The molecule has 484 valence electrons. The van der Waals surface area contributed by atoms with Gasteiger partial charge in [-0.05, 0) is 134 Å². The number of nitrogens with zero attached hydrogens (tertiary/aromatic N) is 5. The van der Waals surface area contributed by atoms with Crippen molar-refractivity contribution in [3.8, 4) is 61.7 Å². The SMILES string of the molecule is c1ccc(-c2cccc(-c3ccccc3)c2N2c3ccccc3B3c4cc5c(cc4Oc4cc(-n6c7ccccc7c7ccccc76)cc2c43)N(c2c(-c3ccccc3)cccc2-c2ccccc2)c2cc(N(c3ccccc3)c3ccccc3)cc3c2B5c2ccccc2N3c2ccccc2)cc1. The Kier molecular flexibility index (Phi) is 13.7. The molecule has 16 aromatic carbocycles. The number of rotatable bonds is 11. The first-order chi connectivity index (χ1) is 51.7. The van der Waals surface area contributed by atoms with Crippen LogP contribution in [0.4, 0.5) is 68.2 Å². The highest BCUT2D eigenvalue weighted by molar-refractivity contribution is 7.02. The minimum absolute atomic E-state index is 0.257. The van der Waals surface area contributed by atoms with Gasteiger partial charge in [0.25, 0.3) is 13.4 Å². The molecule has 1 aromatic heterocycles. The predicted octanol–water partition coefficient (Wildman–Crippen LogP) is 21.4. The Labute approximate surface area is 605 Å². The number of para-hydroxylation sites is 9. The highest BCUT2D eigenvalue weighted by Crippen LogP contribution is 2.55. The van der Waals surface area contributed by atoms with Gasteiger partial charge in [-0.3, -0.25) is 0 Å². The molecule has 0 bridgehead atoms. The van der Waals surface area contributed by atoms with Crippen LogP contribution in [0.1, 0.15) is 0 Å². The van der Waals surface area contributed by atoms with Crippen LogP contribution in [0.5, 0.6) is 11.5 Å². The van der Waals surface area contributed by atoms with Gasteiger partial charge in [0.05, 0.1) is 33.8 Å². The van der Waals surface area contributed by atoms with Gasteiger partial charge in [-0.2, -0.15) is 0 Å². The largest absolute Gasteiger partial charge is 0.458 e. The van der Waals surface area contributed by atoms with Crippen LogP contribution in [0.25, 0.3) is 72.0 Å². The lowest BCUT2D eigenvalue weighted by Gasteiger charge is -2.46. The first-order valence-electron chi connectivity index (χ1n) is 35.9. The molecule has 8 heteroatoms. The van der Waals surface area contributed by atoms with Gasteiger partial charge >= 0.3 is 0 Å². The normalized spacial score (nSPS) is 12.8. The Morgan fingerprint density at radius 1 is 0.240 bits per heavy atom. The molecular formula is C96H63B2N5O.